The van der Waals surface area contributed by atoms with Crippen molar-refractivity contribution in [2.45, 2.75) is 51.7 Å². The number of nitrogens with one attached hydrogen (secondary N) is 1. The molecule has 2 N–H and O–H groups in total. The fourth-order valence-electron chi connectivity index (χ4n) is 5.09. The molecule has 32 heavy (non-hydrogen) atoms. The third kappa shape index (κ3) is 4.10. The molecule has 2 aliphatic heterocycles. The Morgan fingerprint density at radius 2 is 2.03 bits per heavy atom. The number of benzene rings is 1. The number of aromatic nitrogens is 4. The normalized spacial score (nSPS) is 24.2. The number of ether oxygens (including phenoxy) is 1. The lowest BCUT2D eigenvalue weighted by molar-refractivity contribution is 0.00335. The molecule has 0 spiro atoms. The summed E-state index contributed by atoms with van der Waals surface area (Å²) in [6, 6.07) is 7.10. The van der Waals surface area contributed by atoms with Crippen molar-refractivity contribution >= 4 is 16.7 Å². The summed E-state index contributed by atoms with van der Waals surface area (Å²) < 4.78 is 7.54. The lowest BCUT2D eigenvalue weighted by atomic mass is 9.84. The minimum absolute atomic E-state index is 0.00858. The van der Waals surface area contributed by atoms with Gasteiger partial charge in [-0.05, 0) is 69.3 Å². The van der Waals surface area contributed by atoms with Crippen molar-refractivity contribution in [2.75, 3.05) is 37.7 Å². The summed E-state index contributed by atoms with van der Waals surface area (Å²) in [5, 5.41) is 18.9. The fraction of sp³-hybridized carbons (Fsp3) is 0.542. The van der Waals surface area contributed by atoms with E-state index >= 15 is 0 Å². The maximum Gasteiger partial charge on any atom is 0.159 e. The minimum Gasteiger partial charge on any atom is -0.394 e. The van der Waals surface area contributed by atoms with E-state index in [1.807, 2.05) is 23.9 Å². The summed E-state index contributed by atoms with van der Waals surface area (Å²) in [4.78, 5) is 11.5. The van der Waals surface area contributed by atoms with Crippen LogP contribution in [0.3, 0.4) is 0 Å². The van der Waals surface area contributed by atoms with Gasteiger partial charge in [0.1, 0.15) is 11.6 Å². The second-order valence-electron chi connectivity index (χ2n) is 9.15. The summed E-state index contributed by atoms with van der Waals surface area (Å²) in [5.74, 6) is 2.87. The zero-order valence-corrected chi connectivity index (χ0v) is 19.1. The molecular formula is C24H32N6O2. The number of aliphatic hydroxyl groups is 1. The maximum atomic E-state index is 9.50. The van der Waals surface area contributed by atoms with Gasteiger partial charge in [0.05, 0.1) is 31.0 Å². The Bertz CT molecular complexity index is 1110. The maximum absolute atomic E-state index is 9.50. The lowest BCUT2D eigenvalue weighted by Crippen LogP contribution is -2.44. The zero-order valence-electron chi connectivity index (χ0n) is 19.1. The molecule has 8 heteroatoms. The zero-order chi connectivity index (χ0) is 22.2. The number of aryl methyl sites for hydroxylation is 2. The van der Waals surface area contributed by atoms with Gasteiger partial charge in [-0.3, -0.25) is 0 Å². The molecule has 5 rings (SSSR count). The van der Waals surface area contributed by atoms with Crippen LogP contribution in [0.5, 0.6) is 0 Å². The van der Waals surface area contributed by atoms with E-state index in [4.69, 9.17) is 14.8 Å². The second-order valence-corrected chi connectivity index (χ2v) is 9.15. The highest BCUT2D eigenvalue weighted by atomic mass is 16.5. The predicted octanol–water partition coefficient (Wildman–Crippen LogP) is 2.49. The lowest BCUT2D eigenvalue weighted by Gasteiger charge is -2.33. The number of nitrogens with zero attached hydrogens (tertiary/aromatic N) is 5. The third-order valence-corrected chi connectivity index (χ3v) is 6.71. The molecule has 0 bridgehead atoms. The SMILES string of the molecule is Cc1nc(N2CCO[C@H](CO)C2)cc(-n2ncc3cc(C)c(C4CCNC(C)C4)cc32)n1. The van der Waals surface area contributed by atoms with E-state index in [1.54, 1.807) is 0 Å². The van der Waals surface area contributed by atoms with Crippen LogP contribution in [0.1, 0.15) is 42.6 Å². The van der Waals surface area contributed by atoms with Gasteiger partial charge in [0.15, 0.2) is 5.82 Å². The van der Waals surface area contributed by atoms with Crippen LogP contribution in [0.2, 0.25) is 0 Å². The number of fused-ring (bicyclic) bond motifs is 1. The molecule has 2 aromatic heterocycles. The van der Waals surface area contributed by atoms with Crippen molar-refractivity contribution in [1.82, 2.24) is 25.1 Å². The van der Waals surface area contributed by atoms with Crippen LogP contribution in [0.4, 0.5) is 5.82 Å². The molecule has 170 valence electrons. The van der Waals surface area contributed by atoms with Gasteiger partial charge in [0.25, 0.3) is 0 Å². The first kappa shape index (κ1) is 21.3. The Morgan fingerprint density at radius 3 is 2.84 bits per heavy atom. The van der Waals surface area contributed by atoms with Gasteiger partial charge in [-0.2, -0.15) is 5.10 Å². The van der Waals surface area contributed by atoms with Crippen LogP contribution in [-0.2, 0) is 4.74 Å². The Morgan fingerprint density at radius 1 is 1.19 bits per heavy atom. The molecule has 2 unspecified atom stereocenters. The van der Waals surface area contributed by atoms with Gasteiger partial charge >= 0.3 is 0 Å². The summed E-state index contributed by atoms with van der Waals surface area (Å²) in [7, 11) is 0. The number of hydrogen-bond acceptors (Lipinski definition) is 7. The molecular weight excluding hydrogens is 404 g/mol. The number of hydrogen-bond donors (Lipinski definition) is 2. The Hall–Kier alpha value is -2.55. The van der Waals surface area contributed by atoms with Crippen LogP contribution >= 0.6 is 0 Å². The summed E-state index contributed by atoms with van der Waals surface area (Å²) >= 11 is 0. The molecule has 4 heterocycles. The Labute approximate surface area is 188 Å². The smallest absolute Gasteiger partial charge is 0.159 e. The van der Waals surface area contributed by atoms with Crippen LogP contribution < -0.4 is 10.2 Å². The van der Waals surface area contributed by atoms with E-state index in [2.05, 4.69) is 41.2 Å². The fourth-order valence-corrected chi connectivity index (χ4v) is 5.09. The molecule has 8 nitrogen and oxygen atoms in total. The molecule has 2 aliphatic rings. The van der Waals surface area contributed by atoms with Gasteiger partial charge in [0, 0.05) is 30.6 Å². The first-order chi connectivity index (χ1) is 15.5. The van der Waals surface area contributed by atoms with Crippen molar-refractivity contribution in [3.63, 3.8) is 0 Å². The molecule has 3 aromatic rings. The highest BCUT2D eigenvalue weighted by Crippen LogP contribution is 2.33. The number of aliphatic hydroxyl groups excluding tert-OH is 1. The van der Waals surface area contributed by atoms with E-state index < -0.39 is 0 Å². The monoisotopic (exact) mass is 436 g/mol. The Balaban J connectivity index is 1.53. The van der Waals surface area contributed by atoms with Crippen molar-refractivity contribution < 1.29 is 9.84 Å². The number of anilines is 1. The average molecular weight is 437 g/mol. The topological polar surface area (TPSA) is 88.3 Å². The average Bonchev–Trinajstić information content (AvgIpc) is 3.21. The number of rotatable bonds is 4. The highest BCUT2D eigenvalue weighted by molar-refractivity contribution is 5.82. The highest BCUT2D eigenvalue weighted by Gasteiger charge is 2.24. The molecule has 0 radical (unpaired) electrons. The van der Waals surface area contributed by atoms with Crippen molar-refractivity contribution in [1.29, 1.82) is 0 Å². The first-order valence-electron chi connectivity index (χ1n) is 11.6. The minimum atomic E-state index is -0.189. The van der Waals surface area contributed by atoms with Gasteiger partial charge in [-0.1, -0.05) is 0 Å². The van der Waals surface area contributed by atoms with Crippen LogP contribution in [0.15, 0.2) is 24.4 Å². The van der Waals surface area contributed by atoms with E-state index in [9.17, 15) is 5.11 Å². The summed E-state index contributed by atoms with van der Waals surface area (Å²) in [5.41, 5.74) is 3.83. The van der Waals surface area contributed by atoms with Gasteiger partial charge < -0.3 is 20.1 Å². The number of morpholine rings is 1. The molecule has 1 aromatic carbocycles. The molecule has 3 atom stereocenters. The summed E-state index contributed by atoms with van der Waals surface area (Å²) in [6.07, 6.45) is 4.04. The largest absolute Gasteiger partial charge is 0.394 e. The van der Waals surface area contributed by atoms with E-state index in [0.29, 0.717) is 30.9 Å². The van der Waals surface area contributed by atoms with E-state index in [1.165, 1.54) is 11.1 Å². The van der Waals surface area contributed by atoms with Crippen molar-refractivity contribution in [2.24, 2.45) is 0 Å². The first-order valence-corrected chi connectivity index (χ1v) is 11.6. The van der Waals surface area contributed by atoms with Crippen LogP contribution in [0.25, 0.3) is 16.7 Å². The van der Waals surface area contributed by atoms with Gasteiger partial charge in [-0.25, -0.2) is 14.6 Å². The molecule has 0 saturated carbocycles. The number of piperidine rings is 1. The molecule has 0 aliphatic carbocycles. The van der Waals surface area contributed by atoms with Gasteiger partial charge in [0.2, 0.25) is 0 Å². The summed E-state index contributed by atoms with van der Waals surface area (Å²) in [6.45, 7) is 9.39. The van der Waals surface area contributed by atoms with Crippen molar-refractivity contribution in [3.05, 3.63) is 41.3 Å². The quantitative estimate of drug-likeness (QED) is 0.650. The van der Waals surface area contributed by atoms with Crippen LogP contribution in [-0.4, -0.2) is 69.8 Å². The standard InChI is InChI=1S/C24H32N6O2/c1-15-8-19-12-26-30(22(19)10-21(15)18-4-5-25-16(2)9-18)24-11-23(27-17(3)28-24)29-6-7-32-20(13-29)14-31/h8,10-12,16,18,20,25,31H,4-7,9,13-14H2,1-3H3/t16?,18?,20-/m0/s1. The third-order valence-electron chi connectivity index (χ3n) is 6.71. The van der Waals surface area contributed by atoms with E-state index in [-0.39, 0.29) is 12.7 Å². The molecule has 2 saturated heterocycles. The van der Waals surface area contributed by atoms with Crippen molar-refractivity contribution in [3.8, 4) is 5.82 Å². The van der Waals surface area contributed by atoms with Crippen LogP contribution in [0, 0.1) is 13.8 Å². The van der Waals surface area contributed by atoms with E-state index in [0.717, 1.165) is 48.5 Å². The molecule has 0 amide bonds. The Kier molecular flexibility index (Phi) is 5.84. The molecule has 2 fully saturated rings. The predicted molar refractivity (Wildman–Crippen MR) is 125 cm³/mol. The second kappa shape index (κ2) is 8.77. The van der Waals surface area contributed by atoms with Gasteiger partial charge in [-0.15, -0.1) is 0 Å².